The molecule has 1 unspecified atom stereocenters. The van der Waals surface area contributed by atoms with E-state index in [1.807, 2.05) is 24.3 Å². The van der Waals surface area contributed by atoms with Gasteiger partial charge in [-0.05, 0) is 12.1 Å². The van der Waals surface area contributed by atoms with E-state index in [2.05, 4.69) is 21.1 Å². The predicted molar refractivity (Wildman–Crippen MR) is 77.7 cm³/mol. The number of halogens is 1. The summed E-state index contributed by atoms with van der Waals surface area (Å²) in [6, 6.07) is 9.16. The number of carboxylic acids is 1. The maximum absolute atomic E-state index is 11.9. The fraction of sp³-hybridized carbons (Fsp3) is 0.214. The predicted octanol–water partition coefficient (Wildman–Crippen LogP) is 2.54. The van der Waals surface area contributed by atoms with E-state index in [-0.39, 0.29) is 24.8 Å². The van der Waals surface area contributed by atoms with Crippen LogP contribution >= 0.6 is 15.9 Å². The molecule has 108 valence electrons. The molecule has 0 spiro atoms. The first-order valence-electron chi connectivity index (χ1n) is 6.30. The highest BCUT2D eigenvalue weighted by Crippen LogP contribution is 2.30. The van der Waals surface area contributed by atoms with Crippen LogP contribution in [0.3, 0.4) is 0 Å². The minimum absolute atomic E-state index is 0.0117. The number of rotatable bonds is 3. The monoisotopic (exact) mass is 350 g/mol. The molecule has 2 heterocycles. The normalized spacial score (nSPS) is 18.2. The average molecular weight is 351 g/mol. The Hall–Kier alpha value is -2.15. The van der Waals surface area contributed by atoms with E-state index in [1.54, 1.807) is 6.07 Å². The van der Waals surface area contributed by atoms with Crippen molar-refractivity contribution in [3.05, 3.63) is 34.8 Å². The number of hydrogen-bond acceptors (Lipinski definition) is 4. The Balaban J connectivity index is 1.86. The molecule has 1 N–H and O–H groups in total. The molecule has 1 aromatic carbocycles. The van der Waals surface area contributed by atoms with Crippen LogP contribution in [0.4, 0.5) is 5.88 Å². The number of aromatic nitrogens is 1. The Labute approximate surface area is 128 Å². The molecule has 1 aromatic heterocycles. The zero-order valence-electron chi connectivity index (χ0n) is 10.8. The molecule has 7 heteroatoms. The maximum atomic E-state index is 11.9. The summed E-state index contributed by atoms with van der Waals surface area (Å²) in [7, 11) is 0. The summed E-state index contributed by atoms with van der Waals surface area (Å²) >= 11 is 3.38. The highest BCUT2D eigenvalue weighted by Gasteiger charge is 2.36. The molecule has 3 rings (SSSR count). The van der Waals surface area contributed by atoms with E-state index in [1.165, 1.54) is 4.90 Å². The van der Waals surface area contributed by atoms with Gasteiger partial charge in [-0.3, -0.25) is 14.5 Å². The van der Waals surface area contributed by atoms with Crippen LogP contribution in [0, 0.1) is 5.92 Å². The first-order chi connectivity index (χ1) is 10.0. The van der Waals surface area contributed by atoms with E-state index in [0.29, 0.717) is 5.69 Å². The number of carbonyl (C=O) groups excluding carboxylic acids is 1. The summed E-state index contributed by atoms with van der Waals surface area (Å²) in [6.07, 6.45) is -0.0117. The van der Waals surface area contributed by atoms with Crippen molar-refractivity contribution in [2.24, 2.45) is 5.92 Å². The second-order valence-electron chi connectivity index (χ2n) is 4.80. The molecule has 1 saturated heterocycles. The molecule has 6 nitrogen and oxygen atoms in total. The molecule has 1 aliphatic heterocycles. The number of carbonyl (C=O) groups is 2. The SMILES string of the molecule is O=C(O)C1CC(=O)N(c2cc(-c3cccc(Br)c3)no2)C1. The number of carboxylic acid groups (broad SMARTS) is 1. The van der Waals surface area contributed by atoms with Gasteiger partial charge in [0.2, 0.25) is 11.8 Å². The van der Waals surface area contributed by atoms with E-state index in [9.17, 15) is 9.59 Å². The molecule has 0 saturated carbocycles. The number of benzene rings is 1. The summed E-state index contributed by atoms with van der Waals surface area (Å²) in [5, 5.41) is 12.9. The molecule has 0 bridgehead atoms. The van der Waals surface area contributed by atoms with E-state index in [4.69, 9.17) is 9.63 Å². The average Bonchev–Trinajstić information content (AvgIpc) is 3.05. The van der Waals surface area contributed by atoms with Gasteiger partial charge in [-0.2, -0.15) is 0 Å². The molecular formula is C14H11BrN2O4. The minimum Gasteiger partial charge on any atom is -0.481 e. The minimum atomic E-state index is -0.974. The Kier molecular flexibility index (Phi) is 3.50. The number of hydrogen-bond donors (Lipinski definition) is 1. The van der Waals surface area contributed by atoms with Gasteiger partial charge in [0.1, 0.15) is 5.69 Å². The molecule has 1 atom stereocenters. The second-order valence-corrected chi connectivity index (χ2v) is 5.72. The summed E-state index contributed by atoms with van der Waals surface area (Å²) in [6.45, 7) is 0.112. The Morgan fingerprint density at radius 2 is 2.24 bits per heavy atom. The molecule has 1 fully saturated rings. The second kappa shape index (κ2) is 5.33. The van der Waals surface area contributed by atoms with Crippen molar-refractivity contribution in [1.29, 1.82) is 0 Å². The zero-order chi connectivity index (χ0) is 15.0. The first-order valence-corrected chi connectivity index (χ1v) is 7.10. The van der Waals surface area contributed by atoms with Crippen molar-refractivity contribution in [2.45, 2.75) is 6.42 Å². The standard InChI is InChI=1S/C14H11BrN2O4/c15-10-3-1-2-8(4-10)11-6-13(21-16-11)17-7-9(14(19)20)5-12(17)18/h1-4,6,9H,5,7H2,(H,19,20). The molecule has 1 amide bonds. The molecule has 21 heavy (non-hydrogen) atoms. The lowest BCUT2D eigenvalue weighted by molar-refractivity contribution is -0.141. The first kappa shape index (κ1) is 13.8. The Morgan fingerprint density at radius 3 is 2.90 bits per heavy atom. The van der Waals surface area contributed by atoms with Gasteiger partial charge in [0.05, 0.1) is 5.92 Å². The van der Waals surface area contributed by atoms with Crippen molar-refractivity contribution < 1.29 is 19.2 Å². The number of nitrogens with zero attached hydrogens (tertiary/aromatic N) is 2. The molecular weight excluding hydrogens is 340 g/mol. The number of amides is 1. The third-order valence-corrected chi connectivity index (χ3v) is 3.85. The van der Waals surface area contributed by atoms with Crippen LogP contribution in [0.2, 0.25) is 0 Å². The van der Waals surface area contributed by atoms with Gasteiger partial charge in [0.15, 0.2) is 0 Å². The van der Waals surface area contributed by atoms with Gasteiger partial charge in [0, 0.05) is 29.1 Å². The van der Waals surface area contributed by atoms with Crippen LogP contribution in [-0.2, 0) is 9.59 Å². The zero-order valence-corrected chi connectivity index (χ0v) is 12.4. The van der Waals surface area contributed by atoms with Gasteiger partial charge in [0.25, 0.3) is 0 Å². The molecule has 2 aromatic rings. The van der Waals surface area contributed by atoms with E-state index < -0.39 is 11.9 Å². The third-order valence-electron chi connectivity index (χ3n) is 3.36. The smallest absolute Gasteiger partial charge is 0.308 e. The highest BCUT2D eigenvalue weighted by atomic mass is 79.9. The van der Waals surface area contributed by atoms with Crippen LogP contribution in [-0.4, -0.2) is 28.7 Å². The summed E-state index contributed by atoms with van der Waals surface area (Å²) in [5.41, 5.74) is 1.44. The van der Waals surface area contributed by atoms with Gasteiger partial charge in [-0.1, -0.05) is 33.2 Å². The van der Waals surface area contributed by atoms with Crippen LogP contribution in [0.15, 0.2) is 39.3 Å². The van der Waals surface area contributed by atoms with E-state index in [0.717, 1.165) is 10.0 Å². The van der Waals surface area contributed by atoms with Crippen molar-refractivity contribution in [2.75, 3.05) is 11.4 Å². The van der Waals surface area contributed by atoms with Crippen molar-refractivity contribution in [3.8, 4) is 11.3 Å². The Morgan fingerprint density at radius 1 is 1.43 bits per heavy atom. The Bertz CT molecular complexity index is 713. The largest absolute Gasteiger partial charge is 0.481 e. The van der Waals surface area contributed by atoms with Crippen LogP contribution < -0.4 is 4.90 Å². The number of anilines is 1. The van der Waals surface area contributed by atoms with Crippen molar-refractivity contribution in [1.82, 2.24) is 5.16 Å². The lowest BCUT2D eigenvalue weighted by Crippen LogP contribution is -2.25. The maximum Gasteiger partial charge on any atom is 0.308 e. The van der Waals surface area contributed by atoms with Crippen molar-refractivity contribution in [3.63, 3.8) is 0 Å². The lowest BCUT2D eigenvalue weighted by Gasteiger charge is -2.10. The van der Waals surface area contributed by atoms with Gasteiger partial charge in [-0.25, -0.2) is 0 Å². The third kappa shape index (κ3) is 2.69. The van der Waals surface area contributed by atoms with Crippen molar-refractivity contribution >= 4 is 33.7 Å². The van der Waals surface area contributed by atoms with Crippen LogP contribution in [0.5, 0.6) is 0 Å². The lowest BCUT2D eigenvalue weighted by atomic mass is 10.1. The van der Waals surface area contributed by atoms with Gasteiger partial charge in [-0.15, -0.1) is 0 Å². The number of aliphatic carboxylic acids is 1. The molecule has 0 aliphatic carbocycles. The summed E-state index contributed by atoms with van der Waals surface area (Å²) < 4.78 is 6.10. The van der Waals surface area contributed by atoms with Crippen LogP contribution in [0.25, 0.3) is 11.3 Å². The molecule has 1 aliphatic rings. The molecule has 0 radical (unpaired) electrons. The van der Waals surface area contributed by atoms with Gasteiger partial charge < -0.3 is 9.63 Å². The van der Waals surface area contributed by atoms with Crippen LogP contribution in [0.1, 0.15) is 6.42 Å². The summed E-state index contributed by atoms with van der Waals surface area (Å²) in [5.74, 6) is -1.66. The topological polar surface area (TPSA) is 83.6 Å². The summed E-state index contributed by atoms with van der Waals surface area (Å²) in [4.78, 5) is 24.1. The quantitative estimate of drug-likeness (QED) is 0.919. The van der Waals surface area contributed by atoms with E-state index >= 15 is 0 Å². The van der Waals surface area contributed by atoms with Gasteiger partial charge >= 0.3 is 5.97 Å². The highest BCUT2D eigenvalue weighted by molar-refractivity contribution is 9.10. The fourth-order valence-electron chi connectivity index (χ4n) is 2.26. The fourth-order valence-corrected chi connectivity index (χ4v) is 2.66.